The molecule has 0 aliphatic carbocycles. The van der Waals surface area contributed by atoms with E-state index in [4.69, 9.17) is 10.6 Å². The minimum Gasteiger partial charge on any atom is -1.00 e. The van der Waals surface area contributed by atoms with Crippen molar-refractivity contribution in [1.82, 2.24) is 0 Å². The van der Waals surface area contributed by atoms with E-state index in [0.29, 0.717) is 0 Å². The second kappa shape index (κ2) is 13.0. The summed E-state index contributed by atoms with van der Waals surface area (Å²) in [5, 5.41) is 9.51. The molecule has 7 heteroatoms. The molecule has 132 valence electrons. The predicted octanol–water partition coefficient (Wildman–Crippen LogP) is -1.99. The van der Waals surface area contributed by atoms with Crippen LogP contribution in [0.25, 0.3) is 10.6 Å². The molecule has 1 rings (SSSR count). The van der Waals surface area contributed by atoms with E-state index < -0.39 is 0 Å². The first kappa shape index (κ1) is 28.6. The van der Waals surface area contributed by atoms with Crippen molar-refractivity contribution in [3.63, 3.8) is 0 Å². The van der Waals surface area contributed by atoms with Gasteiger partial charge in [-0.15, -0.1) is 24.2 Å². The molecule has 0 spiro atoms. The van der Waals surface area contributed by atoms with Crippen molar-refractivity contribution in [2.24, 2.45) is 9.98 Å². The zero-order chi connectivity index (χ0) is 15.2. The molecule has 1 heterocycles. The standard InChI is InChI=1S/C16H30N4.Cd.2ClH/c1-13-11-15(3,4)19-10-8-18-14(2)12-16(5,6)20-9-7-17-13;;;/h7-12H2,1-6H3;;2*1H/q-2;+2;;/p-2. The molecule has 0 aromatic rings. The summed E-state index contributed by atoms with van der Waals surface area (Å²) >= 11 is 0. The van der Waals surface area contributed by atoms with Gasteiger partial charge in [-0.2, -0.15) is 0 Å². The van der Waals surface area contributed by atoms with Crippen LogP contribution in [0, 0.1) is 0 Å². The van der Waals surface area contributed by atoms with Crippen LogP contribution < -0.4 is 24.8 Å². The first-order valence-electron chi connectivity index (χ1n) is 7.57. The van der Waals surface area contributed by atoms with Crippen molar-refractivity contribution in [3.8, 4) is 0 Å². The Hall–Kier alpha value is 0.762. The molecule has 0 saturated carbocycles. The smallest absolute Gasteiger partial charge is 1.00 e. The zero-order valence-electron chi connectivity index (χ0n) is 15.5. The maximum atomic E-state index is 4.75. The molecule has 23 heavy (non-hydrogen) atoms. The van der Waals surface area contributed by atoms with E-state index in [-0.39, 0.29) is 63.2 Å². The van der Waals surface area contributed by atoms with Gasteiger partial charge in [-0.25, -0.2) is 0 Å². The molecular weight excluding hydrogens is 432 g/mol. The van der Waals surface area contributed by atoms with Crippen molar-refractivity contribution >= 4 is 11.4 Å². The summed E-state index contributed by atoms with van der Waals surface area (Å²) in [6.45, 7) is 16.0. The molecule has 0 bridgehead atoms. The fraction of sp³-hybridized carbons (Fsp3) is 0.875. The molecule has 0 aromatic heterocycles. The van der Waals surface area contributed by atoms with Gasteiger partial charge in [-0.05, 0) is 26.7 Å². The maximum absolute atomic E-state index is 4.75. The van der Waals surface area contributed by atoms with Gasteiger partial charge >= 0.3 is 27.3 Å². The molecule has 0 amide bonds. The normalized spacial score (nSPS) is 22.0. The zero-order valence-corrected chi connectivity index (χ0v) is 21.0. The molecule has 0 saturated heterocycles. The topological polar surface area (TPSA) is 52.9 Å². The van der Waals surface area contributed by atoms with E-state index in [0.717, 1.165) is 39.0 Å². The first-order valence-corrected chi connectivity index (χ1v) is 7.57. The average Bonchev–Trinajstić information content (AvgIpc) is 2.28. The van der Waals surface area contributed by atoms with Gasteiger partial charge in [-0.1, -0.05) is 27.7 Å². The SMILES string of the molecule is CC1=NCC[N-]C(C)(C)CC(C)=NCC[N-]C(C)(C)C1.[Cd+2].[Cl-].[Cl-]. The fourth-order valence-corrected chi connectivity index (χ4v) is 2.66. The summed E-state index contributed by atoms with van der Waals surface area (Å²) in [6.07, 6.45) is 1.83. The third-order valence-electron chi connectivity index (χ3n) is 3.42. The van der Waals surface area contributed by atoms with Gasteiger partial charge in [0.2, 0.25) is 0 Å². The maximum Gasteiger partial charge on any atom is 2.00 e. The molecule has 0 atom stereocenters. The largest absolute Gasteiger partial charge is 2.00 e. The van der Waals surface area contributed by atoms with Crippen LogP contribution in [-0.4, -0.2) is 48.7 Å². The summed E-state index contributed by atoms with van der Waals surface area (Å²) in [5.41, 5.74) is 2.25. The van der Waals surface area contributed by atoms with Gasteiger partial charge in [0, 0.05) is 24.5 Å². The van der Waals surface area contributed by atoms with Crippen LogP contribution in [-0.2, 0) is 27.3 Å². The molecule has 1 aliphatic heterocycles. The number of hydrogen-bond acceptors (Lipinski definition) is 2. The molecule has 4 nitrogen and oxygen atoms in total. The second-order valence-electron chi connectivity index (χ2n) is 6.98. The molecule has 0 unspecified atom stereocenters. The van der Waals surface area contributed by atoms with Gasteiger partial charge in [-0.3, -0.25) is 9.98 Å². The third-order valence-corrected chi connectivity index (χ3v) is 3.42. The van der Waals surface area contributed by atoms with Gasteiger partial charge in [0.25, 0.3) is 0 Å². The van der Waals surface area contributed by atoms with E-state index in [1.165, 1.54) is 11.4 Å². The molecule has 0 radical (unpaired) electrons. The van der Waals surface area contributed by atoms with Crippen molar-refractivity contribution in [2.45, 2.75) is 65.5 Å². The quantitative estimate of drug-likeness (QED) is 0.375. The summed E-state index contributed by atoms with van der Waals surface area (Å²) in [7, 11) is 0. The van der Waals surface area contributed by atoms with E-state index in [2.05, 4.69) is 51.5 Å². The van der Waals surface area contributed by atoms with Gasteiger partial charge in [0.15, 0.2) is 0 Å². The van der Waals surface area contributed by atoms with E-state index in [9.17, 15) is 0 Å². The monoisotopic (exact) mass is 462 g/mol. The van der Waals surface area contributed by atoms with E-state index >= 15 is 0 Å². The number of nitrogens with zero attached hydrogens (tertiary/aromatic N) is 4. The van der Waals surface area contributed by atoms with Gasteiger partial charge < -0.3 is 35.4 Å². The predicted molar refractivity (Wildman–Crippen MR) is 89.8 cm³/mol. The third kappa shape index (κ3) is 13.7. The van der Waals surface area contributed by atoms with Crippen molar-refractivity contribution < 1.29 is 52.1 Å². The molecule has 0 N–H and O–H groups in total. The van der Waals surface area contributed by atoms with Crippen molar-refractivity contribution in [2.75, 3.05) is 26.2 Å². The Bertz CT molecular complexity index is 346. The Labute approximate surface area is 175 Å². The number of rotatable bonds is 0. The Morgan fingerprint density at radius 2 is 1.04 bits per heavy atom. The Balaban J connectivity index is -0.00000133. The minimum absolute atomic E-state index is 0. The average molecular weight is 462 g/mol. The summed E-state index contributed by atoms with van der Waals surface area (Å²) < 4.78 is 0. The molecular formula is C16H30CdCl2N4-2. The number of hydrogen-bond donors (Lipinski definition) is 0. The minimum atomic E-state index is -0.0441. The van der Waals surface area contributed by atoms with Crippen LogP contribution in [0.3, 0.4) is 0 Å². The van der Waals surface area contributed by atoms with Crippen LogP contribution in [0.1, 0.15) is 54.4 Å². The van der Waals surface area contributed by atoms with Crippen LogP contribution in [0.4, 0.5) is 0 Å². The van der Waals surface area contributed by atoms with Gasteiger partial charge in [0.1, 0.15) is 0 Å². The van der Waals surface area contributed by atoms with Crippen LogP contribution in [0.15, 0.2) is 9.98 Å². The fourth-order valence-electron chi connectivity index (χ4n) is 2.66. The van der Waals surface area contributed by atoms with Gasteiger partial charge in [0.05, 0.1) is 0 Å². The van der Waals surface area contributed by atoms with Crippen LogP contribution in [0.5, 0.6) is 0 Å². The Kier molecular flexibility index (Phi) is 16.2. The number of halogens is 2. The second-order valence-corrected chi connectivity index (χ2v) is 6.98. The Morgan fingerprint density at radius 1 is 0.739 bits per heavy atom. The van der Waals surface area contributed by atoms with E-state index in [1.807, 2.05) is 0 Å². The molecule has 1 aliphatic rings. The molecule has 0 aromatic carbocycles. The van der Waals surface area contributed by atoms with Crippen molar-refractivity contribution in [1.29, 1.82) is 0 Å². The Morgan fingerprint density at radius 3 is 1.35 bits per heavy atom. The van der Waals surface area contributed by atoms with Crippen molar-refractivity contribution in [3.05, 3.63) is 10.6 Å². The van der Waals surface area contributed by atoms with Crippen LogP contribution in [0.2, 0.25) is 0 Å². The summed E-state index contributed by atoms with van der Waals surface area (Å²) in [5.74, 6) is 0. The number of aliphatic imine (C=N–C) groups is 2. The summed E-state index contributed by atoms with van der Waals surface area (Å²) in [6, 6.07) is 0. The molecule has 0 fully saturated rings. The van der Waals surface area contributed by atoms with E-state index in [1.54, 1.807) is 0 Å². The summed E-state index contributed by atoms with van der Waals surface area (Å²) in [4.78, 5) is 9.25. The first-order chi connectivity index (χ1) is 9.20. The van der Waals surface area contributed by atoms with Crippen LogP contribution >= 0.6 is 0 Å².